The van der Waals surface area contributed by atoms with E-state index in [-0.39, 0.29) is 6.04 Å². The van der Waals surface area contributed by atoms with Crippen molar-refractivity contribution in [3.8, 4) is 0 Å². The second kappa shape index (κ2) is 5.38. The smallest absolute Gasteiger partial charge is 0.260 e. The lowest BCUT2D eigenvalue weighted by Crippen LogP contribution is -2.18. The maximum absolute atomic E-state index is 5.84. The summed E-state index contributed by atoms with van der Waals surface area (Å²) in [5.41, 5.74) is 7.98. The summed E-state index contributed by atoms with van der Waals surface area (Å²) in [6.45, 7) is 3.93. The van der Waals surface area contributed by atoms with Crippen molar-refractivity contribution in [1.29, 1.82) is 0 Å². The Labute approximate surface area is 105 Å². The first-order chi connectivity index (χ1) is 8.15. The van der Waals surface area contributed by atoms with Crippen LogP contribution in [0.3, 0.4) is 0 Å². The average molecular weight is 248 g/mol. The third kappa shape index (κ3) is 3.35. The Balaban J connectivity index is 2.20. The minimum atomic E-state index is 0.156. The fourth-order valence-corrected chi connectivity index (χ4v) is 2.50. The van der Waals surface area contributed by atoms with E-state index in [4.69, 9.17) is 10.2 Å². The van der Waals surface area contributed by atoms with Crippen LogP contribution in [0, 0.1) is 6.92 Å². The van der Waals surface area contributed by atoms with Crippen LogP contribution in [0.1, 0.15) is 18.2 Å². The van der Waals surface area contributed by atoms with Crippen LogP contribution in [-0.2, 0) is 6.42 Å². The molecule has 2 aromatic rings. The second-order valence-corrected chi connectivity index (χ2v) is 5.14. The molecule has 0 amide bonds. The van der Waals surface area contributed by atoms with Crippen molar-refractivity contribution in [2.45, 2.75) is 36.4 Å². The predicted octanol–water partition coefficient (Wildman–Crippen LogP) is 3.02. The molecule has 2 N–H and O–H groups in total. The first kappa shape index (κ1) is 12.2. The Hall–Kier alpha value is -1.26. The zero-order valence-corrected chi connectivity index (χ0v) is 10.8. The number of hydrogen-bond acceptors (Lipinski definition) is 4. The standard InChI is InChI=1S/C13H16N2OS/c1-9(14)7-11-5-3-4-6-12(11)17-13-15-10(2)8-16-13/h3-6,8-9H,7,14H2,1-2H3. The molecule has 0 fully saturated rings. The van der Waals surface area contributed by atoms with Crippen molar-refractivity contribution >= 4 is 11.8 Å². The molecule has 0 radical (unpaired) electrons. The van der Waals surface area contributed by atoms with Crippen molar-refractivity contribution in [3.63, 3.8) is 0 Å². The summed E-state index contributed by atoms with van der Waals surface area (Å²) in [7, 11) is 0. The summed E-state index contributed by atoms with van der Waals surface area (Å²) in [6, 6.07) is 8.37. The molecule has 2 rings (SSSR count). The molecule has 90 valence electrons. The molecule has 17 heavy (non-hydrogen) atoms. The van der Waals surface area contributed by atoms with Gasteiger partial charge >= 0.3 is 0 Å². The minimum absolute atomic E-state index is 0.156. The lowest BCUT2D eigenvalue weighted by atomic mass is 10.1. The molecule has 3 nitrogen and oxygen atoms in total. The highest BCUT2D eigenvalue weighted by molar-refractivity contribution is 7.99. The highest BCUT2D eigenvalue weighted by Crippen LogP contribution is 2.30. The molecule has 0 saturated heterocycles. The number of oxazole rings is 1. The summed E-state index contributed by atoms with van der Waals surface area (Å²) in [6.07, 6.45) is 2.53. The predicted molar refractivity (Wildman–Crippen MR) is 69.2 cm³/mol. The van der Waals surface area contributed by atoms with Crippen molar-refractivity contribution in [1.82, 2.24) is 4.98 Å². The Kier molecular flexibility index (Phi) is 3.86. The number of aromatic nitrogens is 1. The highest BCUT2D eigenvalue weighted by Gasteiger charge is 2.09. The summed E-state index contributed by atoms with van der Waals surface area (Å²) < 4.78 is 5.35. The lowest BCUT2D eigenvalue weighted by molar-refractivity contribution is 0.454. The fraction of sp³-hybridized carbons (Fsp3) is 0.308. The van der Waals surface area contributed by atoms with Gasteiger partial charge in [0.2, 0.25) is 0 Å². The van der Waals surface area contributed by atoms with Crippen LogP contribution in [0.5, 0.6) is 0 Å². The van der Waals surface area contributed by atoms with Gasteiger partial charge in [-0.1, -0.05) is 18.2 Å². The van der Waals surface area contributed by atoms with Gasteiger partial charge in [-0.3, -0.25) is 0 Å². The molecule has 0 aliphatic rings. The molecular formula is C13H16N2OS. The first-order valence-corrected chi connectivity index (χ1v) is 6.40. The zero-order valence-electron chi connectivity index (χ0n) is 10.0. The van der Waals surface area contributed by atoms with E-state index in [1.54, 1.807) is 18.0 Å². The van der Waals surface area contributed by atoms with Crippen LogP contribution in [0.4, 0.5) is 0 Å². The molecule has 4 heteroatoms. The second-order valence-electron chi connectivity index (χ2n) is 4.15. The van der Waals surface area contributed by atoms with Crippen LogP contribution >= 0.6 is 11.8 Å². The first-order valence-electron chi connectivity index (χ1n) is 5.58. The van der Waals surface area contributed by atoms with Gasteiger partial charge < -0.3 is 10.2 Å². The third-order valence-electron chi connectivity index (χ3n) is 2.31. The van der Waals surface area contributed by atoms with Crippen LogP contribution in [0.2, 0.25) is 0 Å². The summed E-state index contributed by atoms with van der Waals surface area (Å²) in [5, 5.41) is 0.680. The summed E-state index contributed by atoms with van der Waals surface area (Å²) >= 11 is 1.54. The van der Waals surface area contributed by atoms with Crippen LogP contribution in [-0.4, -0.2) is 11.0 Å². The van der Waals surface area contributed by atoms with Gasteiger partial charge in [-0.05, 0) is 43.7 Å². The highest BCUT2D eigenvalue weighted by atomic mass is 32.2. The van der Waals surface area contributed by atoms with E-state index < -0.39 is 0 Å². The van der Waals surface area contributed by atoms with Crippen molar-refractivity contribution in [2.75, 3.05) is 0 Å². The van der Waals surface area contributed by atoms with Gasteiger partial charge in [-0.25, -0.2) is 4.98 Å². The van der Waals surface area contributed by atoms with E-state index in [1.165, 1.54) is 5.56 Å². The van der Waals surface area contributed by atoms with Gasteiger partial charge in [0.05, 0.1) is 5.69 Å². The minimum Gasteiger partial charge on any atom is -0.439 e. The van der Waals surface area contributed by atoms with Gasteiger partial charge in [0.15, 0.2) is 0 Å². The normalized spacial score (nSPS) is 12.6. The number of rotatable bonds is 4. The topological polar surface area (TPSA) is 52.0 Å². The molecule has 1 heterocycles. The number of nitrogens with two attached hydrogens (primary N) is 1. The molecular weight excluding hydrogens is 232 g/mol. The molecule has 0 spiro atoms. The Bertz CT molecular complexity index is 494. The van der Waals surface area contributed by atoms with Crippen LogP contribution in [0.25, 0.3) is 0 Å². The van der Waals surface area contributed by atoms with E-state index in [9.17, 15) is 0 Å². The Morgan fingerprint density at radius 3 is 2.82 bits per heavy atom. The van der Waals surface area contributed by atoms with Gasteiger partial charge in [0.1, 0.15) is 6.26 Å². The van der Waals surface area contributed by atoms with Crippen LogP contribution < -0.4 is 5.73 Å². The monoisotopic (exact) mass is 248 g/mol. The molecule has 0 bridgehead atoms. The van der Waals surface area contributed by atoms with Crippen molar-refractivity contribution in [2.24, 2.45) is 5.73 Å². The van der Waals surface area contributed by atoms with Crippen LogP contribution in [0.15, 0.2) is 45.1 Å². The van der Waals surface area contributed by atoms with E-state index in [2.05, 4.69) is 17.1 Å². The largest absolute Gasteiger partial charge is 0.439 e. The quantitative estimate of drug-likeness (QED) is 0.903. The molecule has 1 atom stereocenters. The number of aryl methyl sites for hydroxylation is 1. The molecule has 0 saturated carbocycles. The van der Waals surface area contributed by atoms with E-state index in [0.29, 0.717) is 5.22 Å². The third-order valence-corrected chi connectivity index (χ3v) is 3.29. The summed E-state index contributed by atoms with van der Waals surface area (Å²) in [4.78, 5) is 5.45. The molecule has 0 aliphatic carbocycles. The molecule has 1 unspecified atom stereocenters. The Morgan fingerprint density at radius 1 is 1.41 bits per heavy atom. The van der Waals surface area contributed by atoms with Gasteiger partial charge in [0.25, 0.3) is 5.22 Å². The summed E-state index contributed by atoms with van der Waals surface area (Å²) in [5.74, 6) is 0. The van der Waals surface area contributed by atoms with E-state index in [0.717, 1.165) is 17.0 Å². The van der Waals surface area contributed by atoms with E-state index in [1.807, 2.05) is 26.0 Å². The molecule has 1 aromatic carbocycles. The number of nitrogens with zero attached hydrogens (tertiary/aromatic N) is 1. The maximum Gasteiger partial charge on any atom is 0.260 e. The molecule has 1 aromatic heterocycles. The van der Waals surface area contributed by atoms with E-state index >= 15 is 0 Å². The van der Waals surface area contributed by atoms with Crippen molar-refractivity contribution < 1.29 is 4.42 Å². The zero-order chi connectivity index (χ0) is 12.3. The van der Waals surface area contributed by atoms with Gasteiger partial charge in [-0.15, -0.1) is 0 Å². The maximum atomic E-state index is 5.84. The number of benzene rings is 1. The number of hydrogen-bond donors (Lipinski definition) is 1. The lowest BCUT2D eigenvalue weighted by Gasteiger charge is -2.09. The molecule has 0 aliphatic heterocycles. The fourth-order valence-electron chi connectivity index (χ4n) is 1.59. The van der Waals surface area contributed by atoms with Crippen molar-refractivity contribution in [3.05, 3.63) is 41.8 Å². The Morgan fingerprint density at radius 2 is 2.18 bits per heavy atom. The SMILES string of the molecule is Cc1coc(Sc2ccccc2CC(C)N)n1. The van der Waals surface area contributed by atoms with Gasteiger partial charge in [0, 0.05) is 10.9 Å². The van der Waals surface area contributed by atoms with Gasteiger partial charge in [-0.2, -0.15) is 0 Å². The average Bonchev–Trinajstić information content (AvgIpc) is 2.66.